The van der Waals surface area contributed by atoms with Gasteiger partial charge in [0.1, 0.15) is 6.04 Å². The molecule has 1 unspecified atom stereocenters. The van der Waals surface area contributed by atoms with Gasteiger partial charge in [-0.15, -0.1) is 0 Å². The Balaban J connectivity index is 3.12. The number of benzene rings is 1. The van der Waals surface area contributed by atoms with Crippen LogP contribution in [0.25, 0.3) is 0 Å². The van der Waals surface area contributed by atoms with Gasteiger partial charge in [-0.25, -0.2) is 4.79 Å². The molecule has 0 spiro atoms. The molecule has 0 bridgehead atoms. The molecule has 0 aliphatic carbocycles. The molecule has 7 nitrogen and oxygen atoms in total. The topological polar surface area (TPSA) is 66.5 Å². The summed E-state index contributed by atoms with van der Waals surface area (Å²) in [6.45, 7) is 4.18. The molecular weight excluding hydrogens is 382 g/mol. The van der Waals surface area contributed by atoms with E-state index in [4.69, 9.17) is 23.7 Å². The molecular formula is C20H33NO6S. The summed E-state index contributed by atoms with van der Waals surface area (Å²) in [4.78, 5) is 15.2. The van der Waals surface area contributed by atoms with Crippen LogP contribution in [-0.4, -0.2) is 83.7 Å². The fourth-order valence-corrected chi connectivity index (χ4v) is 3.26. The third-order valence-corrected chi connectivity index (χ3v) is 4.93. The van der Waals surface area contributed by atoms with E-state index >= 15 is 0 Å². The predicted octanol–water partition coefficient (Wildman–Crippen LogP) is 2.63. The molecule has 0 saturated heterocycles. The first-order valence-corrected chi connectivity index (χ1v) is 10.6. The van der Waals surface area contributed by atoms with Crippen molar-refractivity contribution in [2.75, 3.05) is 66.8 Å². The van der Waals surface area contributed by atoms with Crippen LogP contribution in [0.2, 0.25) is 0 Å². The van der Waals surface area contributed by atoms with E-state index in [1.807, 2.05) is 30.2 Å². The minimum atomic E-state index is -0.423. The van der Waals surface area contributed by atoms with Crippen molar-refractivity contribution >= 4 is 17.7 Å². The first-order chi connectivity index (χ1) is 13.5. The summed E-state index contributed by atoms with van der Waals surface area (Å²) in [5.41, 5.74) is 0.953. The number of methoxy groups -OCH3 is 4. The van der Waals surface area contributed by atoms with Crippen LogP contribution in [0.5, 0.6) is 17.2 Å². The van der Waals surface area contributed by atoms with Crippen molar-refractivity contribution in [3.05, 3.63) is 17.7 Å². The molecule has 0 aliphatic rings. The van der Waals surface area contributed by atoms with Gasteiger partial charge in [0.15, 0.2) is 11.5 Å². The summed E-state index contributed by atoms with van der Waals surface area (Å²) in [6, 6.07) is 3.21. The van der Waals surface area contributed by atoms with Gasteiger partial charge in [-0.1, -0.05) is 0 Å². The summed E-state index contributed by atoms with van der Waals surface area (Å²) in [7, 11) is 6.37. The Hall–Kier alpha value is -1.48. The molecule has 1 aromatic rings. The lowest BCUT2D eigenvalue weighted by Gasteiger charge is -2.30. The number of hydrogen-bond acceptors (Lipinski definition) is 8. The van der Waals surface area contributed by atoms with Gasteiger partial charge in [-0.2, -0.15) is 11.8 Å². The van der Waals surface area contributed by atoms with Crippen LogP contribution in [0.4, 0.5) is 0 Å². The molecule has 0 radical (unpaired) electrons. The Bertz CT molecular complexity index is 565. The van der Waals surface area contributed by atoms with E-state index in [1.54, 1.807) is 40.2 Å². The van der Waals surface area contributed by atoms with Gasteiger partial charge in [0.05, 0.1) is 27.4 Å². The molecule has 0 aromatic heterocycles. The van der Waals surface area contributed by atoms with E-state index in [0.717, 1.165) is 11.3 Å². The maximum Gasteiger partial charge on any atom is 0.329 e. The third-order valence-electron chi connectivity index (χ3n) is 4.28. The Kier molecular flexibility index (Phi) is 12.0. The number of esters is 1. The lowest BCUT2D eigenvalue weighted by Crippen LogP contribution is -2.46. The molecule has 0 heterocycles. The summed E-state index contributed by atoms with van der Waals surface area (Å²) in [5.74, 6) is 1.72. The molecule has 160 valence electrons. The SMILES string of the molecule is COCCN(CCOC)C(CCSC)C(=O)Oc1c(OC)cc(C)cc1OC. The molecule has 1 atom stereocenters. The second-order valence-corrected chi connectivity index (χ2v) is 7.22. The minimum Gasteiger partial charge on any atom is -0.493 e. The van der Waals surface area contributed by atoms with Gasteiger partial charge in [0.25, 0.3) is 0 Å². The minimum absolute atomic E-state index is 0.299. The second kappa shape index (κ2) is 13.7. The Morgan fingerprint density at radius 2 is 1.57 bits per heavy atom. The van der Waals surface area contributed by atoms with Crippen molar-refractivity contribution in [1.29, 1.82) is 0 Å². The van der Waals surface area contributed by atoms with E-state index in [0.29, 0.717) is 50.0 Å². The first kappa shape index (κ1) is 24.6. The van der Waals surface area contributed by atoms with Gasteiger partial charge < -0.3 is 23.7 Å². The Morgan fingerprint density at radius 1 is 1.04 bits per heavy atom. The average molecular weight is 416 g/mol. The van der Waals surface area contributed by atoms with E-state index < -0.39 is 6.04 Å². The van der Waals surface area contributed by atoms with E-state index in [9.17, 15) is 4.79 Å². The van der Waals surface area contributed by atoms with Crippen LogP contribution < -0.4 is 14.2 Å². The highest BCUT2D eigenvalue weighted by Crippen LogP contribution is 2.38. The average Bonchev–Trinajstić information content (AvgIpc) is 2.70. The zero-order valence-corrected chi connectivity index (χ0v) is 18.6. The highest BCUT2D eigenvalue weighted by molar-refractivity contribution is 7.98. The zero-order valence-electron chi connectivity index (χ0n) is 17.8. The number of carbonyl (C=O) groups excluding carboxylic acids is 1. The van der Waals surface area contributed by atoms with E-state index in [2.05, 4.69) is 0 Å². The number of aryl methyl sites for hydroxylation is 1. The number of hydrogen-bond donors (Lipinski definition) is 0. The maximum atomic E-state index is 13.1. The normalized spacial score (nSPS) is 12.1. The molecule has 0 N–H and O–H groups in total. The van der Waals surface area contributed by atoms with E-state index in [1.165, 1.54) is 0 Å². The number of carbonyl (C=O) groups is 1. The molecule has 1 rings (SSSR count). The largest absolute Gasteiger partial charge is 0.493 e. The number of ether oxygens (including phenoxy) is 5. The smallest absolute Gasteiger partial charge is 0.329 e. The van der Waals surface area contributed by atoms with Gasteiger partial charge in [0.2, 0.25) is 5.75 Å². The monoisotopic (exact) mass is 415 g/mol. The quantitative estimate of drug-likeness (QED) is 0.339. The van der Waals surface area contributed by atoms with Crippen molar-refractivity contribution in [3.8, 4) is 17.2 Å². The van der Waals surface area contributed by atoms with Crippen molar-refractivity contribution in [2.45, 2.75) is 19.4 Å². The molecule has 1 aromatic carbocycles. The van der Waals surface area contributed by atoms with Gasteiger partial charge in [0, 0.05) is 27.3 Å². The van der Waals surface area contributed by atoms with Crippen molar-refractivity contribution in [1.82, 2.24) is 4.90 Å². The molecule has 0 fully saturated rings. The zero-order chi connectivity index (χ0) is 20.9. The van der Waals surface area contributed by atoms with Crippen LogP contribution >= 0.6 is 11.8 Å². The predicted molar refractivity (Wildman–Crippen MR) is 112 cm³/mol. The molecule has 28 heavy (non-hydrogen) atoms. The Morgan fingerprint density at radius 3 is 2.00 bits per heavy atom. The maximum absolute atomic E-state index is 13.1. The first-order valence-electron chi connectivity index (χ1n) is 9.17. The van der Waals surface area contributed by atoms with Gasteiger partial charge >= 0.3 is 5.97 Å². The van der Waals surface area contributed by atoms with Crippen LogP contribution in [0.15, 0.2) is 12.1 Å². The summed E-state index contributed by atoms with van der Waals surface area (Å²) < 4.78 is 27.0. The number of rotatable bonds is 14. The van der Waals surface area contributed by atoms with Crippen LogP contribution in [0.1, 0.15) is 12.0 Å². The molecule has 8 heteroatoms. The van der Waals surface area contributed by atoms with Gasteiger partial charge in [-0.05, 0) is 43.0 Å². The van der Waals surface area contributed by atoms with Crippen LogP contribution in [0, 0.1) is 6.92 Å². The Labute approximate surface area is 172 Å². The molecule has 0 amide bonds. The third kappa shape index (κ3) is 7.50. The lowest BCUT2D eigenvalue weighted by molar-refractivity contribution is -0.141. The fourth-order valence-electron chi connectivity index (χ4n) is 2.80. The van der Waals surface area contributed by atoms with Crippen molar-refractivity contribution < 1.29 is 28.5 Å². The van der Waals surface area contributed by atoms with Crippen molar-refractivity contribution in [3.63, 3.8) is 0 Å². The fraction of sp³-hybridized carbons (Fsp3) is 0.650. The standard InChI is InChI=1S/C20H33NO6S/c1-15-13-17(25-4)19(18(14-15)26-5)27-20(22)16(7-12-28-6)21(8-10-23-2)9-11-24-3/h13-14,16H,7-12H2,1-6H3. The van der Waals surface area contributed by atoms with Crippen LogP contribution in [-0.2, 0) is 14.3 Å². The molecule has 0 aliphatic heterocycles. The van der Waals surface area contributed by atoms with Crippen molar-refractivity contribution in [2.24, 2.45) is 0 Å². The lowest BCUT2D eigenvalue weighted by atomic mass is 10.1. The van der Waals surface area contributed by atoms with Crippen LogP contribution in [0.3, 0.4) is 0 Å². The number of nitrogens with zero attached hydrogens (tertiary/aromatic N) is 1. The summed E-state index contributed by atoms with van der Waals surface area (Å²) >= 11 is 1.69. The summed E-state index contributed by atoms with van der Waals surface area (Å²) in [6.07, 6.45) is 2.67. The highest BCUT2D eigenvalue weighted by atomic mass is 32.2. The molecule has 0 saturated carbocycles. The second-order valence-electron chi connectivity index (χ2n) is 6.24. The van der Waals surface area contributed by atoms with Gasteiger partial charge in [-0.3, -0.25) is 4.90 Å². The summed E-state index contributed by atoms with van der Waals surface area (Å²) in [5, 5.41) is 0. The highest BCUT2D eigenvalue weighted by Gasteiger charge is 2.29. The van der Waals surface area contributed by atoms with E-state index in [-0.39, 0.29) is 5.97 Å². The number of thioether (sulfide) groups is 1.